The second-order valence-electron chi connectivity index (χ2n) is 2.68. The van der Waals surface area contributed by atoms with Gasteiger partial charge < -0.3 is 4.74 Å². The first-order valence-corrected chi connectivity index (χ1v) is 5.57. The van der Waals surface area contributed by atoms with Crippen LogP contribution in [0.4, 0.5) is 0 Å². The van der Waals surface area contributed by atoms with Crippen LogP contribution in [0.5, 0.6) is 5.75 Å². The van der Waals surface area contributed by atoms with Crippen LogP contribution in [0.25, 0.3) is 0 Å². The van der Waals surface area contributed by atoms with E-state index in [1.54, 1.807) is 13.0 Å². The molecule has 0 saturated carbocycles. The molecule has 0 fully saturated rings. The molecule has 0 atom stereocenters. The molecule has 1 rings (SSSR count). The predicted molar refractivity (Wildman–Crippen MR) is 57.9 cm³/mol. The monoisotopic (exact) mass is 250 g/mol. The Morgan fingerprint density at radius 3 is 2.56 bits per heavy atom. The van der Waals surface area contributed by atoms with Crippen molar-refractivity contribution in [2.24, 2.45) is 0 Å². The number of ether oxygens (including phenoxy) is 1. The quantitative estimate of drug-likeness (QED) is 0.634. The molecular formula is C9H9NNaO4S. The van der Waals surface area contributed by atoms with Crippen molar-refractivity contribution in [3.63, 3.8) is 0 Å². The molecule has 81 valence electrons. The summed E-state index contributed by atoms with van der Waals surface area (Å²) >= 11 is 0. The molecule has 0 unspecified atom stereocenters. The molecule has 0 amide bonds. The average molecular weight is 250 g/mol. The fraction of sp³-hybridized carbons (Fsp3) is 0.222. The molecule has 0 aliphatic rings. The van der Waals surface area contributed by atoms with Crippen molar-refractivity contribution in [1.82, 2.24) is 0 Å². The zero-order chi connectivity index (χ0) is 11.5. The van der Waals surface area contributed by atoms with Gasteiger partial charge >= 0.3 is 0 Å². The van der Waals surface area contributed by atoms with E-state index in [1.165, 1.54) is 12.1 Å². The van der Waals surface area contributed by atoms with E-state index >= 15 is 0 Å². The Morgan fingerprint density at radius 2 is 2.12 bits per heavy atom. The second-order valence-corrected chi connectivity index (χ2v) is 4.07. The minimum absolute atomic E-state index is 0. The van der Waals surface area contributed by atoms with Crippen molar-refractivity contribution >= 4 is 39.7 Å². The van der Waals surface area contributed by atoms with E-state index < -0.39 is 15.0 Å². The van der Waals surface area contributed by atoms with E-state index in [0.717, 1.165) is 6.07 Å². The van der Waals surface area contributed by atoms with Crippen molar-refractivity contribution in [3.8, 4) is 11.8 Å². The molecule has 0 aromatic heterocycles. The van der Waals surface area contributed by atoms with Crippen LogP contribution in [0.2, 0.25) is 0 Å². The Morgan fingerprint density at radius 1 is 1.50 bits per heavy atom. The molecule has 0 bridgehead atoms. The fourth-order valence-corrected chi connectivity index (χ4v) is 1.72. The Kier molecular flexibility index (Phi) is 6.00. The molecular weight excluding hydrogens is 241 g/mol. The van der Waals surface area contributed by atoms with Crippen LogP contribution in [0.15, 0.2) is 23.1 Å². The van der Waals surface area contributed by atoms with Gasteiger partial charge in [0.1, 0.15) is 16.7 Å². The van der Waals surface area contributed by atoms with Crippen LogP contribution in [-0.2, 0) is 10.1 Å². The molecule has 7 heteroatoms. The Balaban J connectivity index is 0.00000225. The topological polar surface area (TPSA) is 87.4 Å². The number of hydrogen-bond donors (Lipinski definition) is 1. The Bertz CT molecular complexity index is 507. The summed E-state index contributed by atoms with van der Waals surface area (Å²) in [5, 5.41) is 8.64. The molecule has 5 nitrogen and oxygen atoms in total. The minimum Gasteiger partial charge on any atom is -0.494 e. The summed E-state index contributed by atoms with van der Waals surface area (Å²) < 4.78 is 35.8. The smallest absolute Gasteiger partial charge is 0.295 e. The maximum Gasteiger partial charge on any atom is 0.295 e. The van der Waals surface area contributed by atoms with Crippen LogP contribution in [-0.4, -0.2) is 49.1 Å². The Labute approximate surface area is 116 Å². The molecule has 1 N–H and O–H groups in total. The van der Waals surface area contributed by atoms with Gasteiger partial charge in [-0.05, 0) is 19.1 Å². The summed E-state index contributed by atoms with van der Waals surface area (Å²) in [5.74, 6) is 0.295. The molecule has 1 radical (unpaired) electrons. The molecule has 0 aliphatic carbocycles. The summed E-state index contributed by atoms with van der Waals surface area (Å²) in [6, 6.07) is 5.55. The van der Waals surface area contributed by atoms with E-state index in [9.17, 15) is 8.42 Å². The SMILES string of the molecule is CCOc1ccc(C#N)c(S(=O)(=O)O)c1.[Na]. The van der Waals surface area contributed by atoms with Crippen LogP contribution in [0, 0.1) is 11.3 Å². The average Bonchev–Trinajstić information content (AvgIpc) is 2.17. The molecule has 0 spiro atoms. The molecule has 0 saturated heterocycles. The maximum atomic E-state index is 10.9. The number of nitrogens with zero attached hydrogens (tertiary/aromatic N) is 1. The number of nitriles is 1. The van der Waals surface area contributed by atoms with E-state index in [1.807, 2.05) is 0 Å². The van der Waals surface area contributed by atoms with Crippen molar-refractivity contribution < 1.29 is 17.7 Å². The molecule has 1 aromatic rings. The van der Waals surface area contributed by atoms with Crippen LogP contribution in [0.1, 0.15) is 12.5 Å². The van der Waals surface area contributed by atoms with Gasteiger partial charge in [0.2, 0.25) is 0 Å². The third-order valence-corrected chi connectivity index (χ3v) is 2.56. The third kappa shape index (κ3) is 3.77. The first kappa shape index (κ1) is 15.4. The molecule has 0 heterocycles. The van der Waals surface area contributed by atoms with Crippen LogP contribution >= 0.6 is 0 Å². The minimum atomic E-state index is -4.39. The summed E-state index contributed by atoms with van der Waals surface area (Å²) in [4.78, 5) is -0.434. The van der Waals surface area contributed by atoms with Gasteiger partial charge in [-0.15, -0.1) is 0 Å². The number of rotatable bonds is 3. The number of hydrogen-bond acceptors (Lipinski definition) is 4. The summed E-state index contributed by atoms with van der Waals surface area (Å²) in [6.45, 7) is 2.11. The zero-order valence-electron chi connectivity index (χ0n) is 8.97. The van der Waals surface area contributed by atoms with E-state index in [2.05, 4.69) is 0 Å². The maximum absolute atomic E-state index is 10.9. The van der Waals surface area contributed by atoms with E-state index in [4.69, 9.17) is 14.6 Å². The van der Waals surface area contributed by atoms with Crippen LogP contribution in [0.3, 0.4) is 0 Å². The van der Waals surface area contributed by atoms with Crippen molar-refractivity contribution in [2.45, 2.75) is 11.8 Å². The van der Waals surface area contributed by atoms with Gasteiger partial charge in [-0.2, -0.15) is 13.7 Å². The summed E-state index contributed by atoms with van der Waals surface area (Å²) in [6.07, 6.45) is 0. The van der Waals surface area contributed by atoms with Gasteiger partial charge in [-0.3, -0.25) is 4.55 Å². The van der Waals surface area contributed by atoms with Gasteiger partial charge in [0.25, 0.3) is 10.1 Å². The molecule has 16 heavy (non-hydrogen) atoms. The van der Waals surface area contributed by atoms with Crippen LogP contribution < -0.4 is 4.74 Å². The zero-order valence-corrected chi connectivity index (χ0v) is 11.8. The van der Waals surface area contributed by atoms with Gasteiger partial charge in [0.15, 0.2) is 0 Å². The molecule has 1 aromatic carbocycles. The van der Waals surface area contributed by atoms with Gasteiger partial charge in [0.05, 0.1) is 12.2 Å². The first-order chi connectivity index (χ1) is 6.99. The fourth-order valence-electron chi connectivity index (χ4n) is 1.06. The normalized spacial score (nSPS) is 10.1. The summed E-state index contributed by atoms with van der Waals surface area (Å²) in [5.41, 5.74) is -0.110. The number of benzene rings is 1. The summed E-state index contributed by atoms with van der Waals surface area (Å²) in [7, 11) is -4.39. The van der Waals surface area contributed by atoms with Crippen molar-refractivity contribution in [2.75, 3.05) is 6.61 Å². The van der Waals surface area contributed by atoms with Crippen molar-refractivity contribution in [3.05, 3.63) is 23.8 Å². The Hall–Kier alpha value is -0.580. The first-order valence-electron chi connectivity index (χ1n) is 4.13. The van der Waals surface area contributed by atoms with E-state index in [0.29, 0.717) is 12.4 Å². The predicted octanol–water partition coefficient (Wildman–Crippen LogP) is 0.823. The largest absolute Gasteiger partial charge is 0.494 e. The van der Waals surface area contributed by atoms with Crippen molar-refractivity contribution in [1.29, 1.82) is 5.26 Å². The van der Waals surface area contributed by atoms with E-state index in [-0.39, 0.29) is 35.1 Å². The van der Waals surface area contributed by atoms with Gasteiger partial charge in [-0.1, -0.05) is 0 Å². The molecule has 0 aliphatic heterocycles. The standard InChI is InChI=1S/C9H9NO4S.Na/c1-2-14-8-4-3-7(6-10)9(5-8)15(11,12)13;/h3-5H,2H2,1H3,(H,11,12,13);. The second kappa shape index (κ2) is 6.23. The third-order valence-electron chi connectivity index (χ3n) is 1.66. The van der Waals surface area contributed by atoms with Gasteiger partial charge in [-0.25, -0.2) is 0 Å². The van der Waals surface area contributed by atoms with Gasteiger partial charge in [0, 0.05) is 35.6 Å².